The molecule has 4 saturated heterocycles. The van der Waals surface area contributed by atoms with Crippen LogP contribution in [0, 0.1) is 29.0 Å². The molecular weight excluding hydrogens is 893 g/mol. The summed E-state index contributed by atoms with van der Waals surface area (Å²) in [7, 11) is -0.782. The van der Waals surface area contributed by atoms with Crippen molar-refractivity contribution in [1.29, 1.82) is 0 Å². The molecular formula is C54H75F2N7O5Si. The van der Waals surface area contributed by atoms with Gasteiger partial charge in [-0.05, 0) is 144 Å². The van der Waals surface area contributed by atoms with Crippen LogP contribution in [0.15, 0.2) is 30.5 Å². The fourth-order valence-corrected chi connectivity index (χ4v) is 17.2. The van der Waals surface area contributed by atoms with Crippen LogP contribution in [0.25, 0.3) is 32.9 Å². The van der Waals surface area contributed by atoms with Crippen LogP contribution in [0.5, 0.6) is 11.8 Å². The van der Waals surface area contributed by atoms with Crippen LogP contribution in [-0.4, -0.2) is 122 Å². The molecule has 4 aromatic rings. The van der Waals surface area contributed by atoms with Crippen LogP contribution in [0.4, 0.5) is 19.4 Å². The van der Waals surface area contributed by atoms with Crippen molar-refractivity contribution in [2.75, 3.05) is 64.7 Å². The molecule has 2 aromatic carbocycles. The molecule has 2 aromatic heterocycles. The molecule has 2 unspecified atom stereocenters. The van der Waals surface area contributed by atoms with E-state index in [0.29, 0.717) is 69.6 Å². The monoisotopic (exact) mass is 968 g/mol. The minimum absolute atomic E-state index is 0.0229. The maximum Gasteiger partial charge on any atom is 0.410 e. The summed E-state index contributed by atoms with van der Waals surface area (Å²) in [5, 5.41) is 4.96. The lowest BCUT2D eigenvalue weighted by molar-refractivity contribution is 0.0122. The third-order valence-electron chi connectivity index (χ3n) is 15.4. The molecule has 8 rings (SSSR count). The average Bonchev–Trinajstić information content (AvgIpc) is 3.87. The van der Waals surface area contributed by atoms with Gasteiger partial charge in [-0.1, -0.05) is 53.5 Å². The van der Waals surface area contributed by atoms with E-state index in [1.54, 1.807) is 24.4 Å². The number of anilines is 1. The Bertz CT molecular complexity index is 2500. The third-order valence-corrected chi connectivity index (χ3v) is 21.6. The van der Waals surface area contributed by atoms with Crippen molar-refractivity contribution in [2.24, 2.45) is 5.92 Å². The molecule has 1 amide bonds. The SMILES string of the molecule is COCOc1cc(-c2ncc3c(N4CC5CCC(C4)N5C(=O)OC(C)(C)C)nc(OC[C@@H]4CCCN4CCCC4CCNCC4)nc3c2F)c2c(C#C[Si](C(C)C)(C(C)C)C(C)C)c(F)ccc2c1. The summed E-state index contributed by atoms with van der Waals surface area (Å²) in [5.74, 6) is 3.87. The van der Waals surface area contributed by atoms with Gasteiger partial charge in [0.1, 0.15) is 48.9 Å². The number of nitrogens with one attached hydrogen (secondary N) is 1. The van der Waals surface area contributed by atoms with Crippen LogP contribution in [0.3, 0.4) is 0 Å². The van der Waals surface area contributed by atoms with E-state index in [0.717, 1.165) is 64.2 Å². The Morgan fingerprint density at radius 2 is 1.65 bits per heavy atom. The number of likely N-dealkylation sites (tertiary alicyclic amines) is 1. The second-order valence-corrected chi connectivity index (χ2v) is 27.4. The standard InChI is InChI=1S/C54H75F2N7O5Si/c1-34(2)69(35(3)4,36(5)6)26-21-43-46(55)18-15-38-27-42(67-33-65-10)28-44(47(38)43)49-48(56)50-45(29-58-49)51(62-30-39-16-17-40(31-62)63(39)53(64)68-54(7,8)9)60-52(59-50)66-32-41-14-12-25-61(41)24-11-13-37-19-22-57-23-20-37/h15,18,27-29,34-37,39-41,57H,11-14,16-17,19-20,22-25,30-33H2,1-10H3/t39?,40?,41-/m0/s1. The van der Waals surface area contributed by atoms with Gasteiger partial charge in [0, 0.05) is 43.4 Å². The number of pyridine rings is 1. The zero-order valence-electron chi connectivity index (χ0n) is 42.7. The largest absolute Gasteiger partial charge is 0.468 e. The summed E-state index contributed by atoms with van der Waals surface area (Å²) in [6, 6.07) is 6.60. The lowest BCUT2D eigenvalue weighted by atomic mass is 9.93. The number of aromatic nitrogens is 3. The normalized spacial score (nSPS) is 20.4. The van der Waals surface area contributed by atoms with Gasteiger partial charge >= 0.3 is 12.1 Å². The average molecular weight is 968 g/mol. The van der Waals surface area contributed by atoms with Crippen molar-refractivity contribution in [3.05, 3.63) is 47.7 Å². The number of benzene rings is 2. The van der Waals surface area contributed by atoms with E-state index in [1.165, 1.54) is 32.4 Å². The highest BCUT2D eigenvalue weighted by atomic mass is 28.3. The first kappa shape index (κ1) is 50.8. The van der Waals surface area contributed by atoms with Gasteiger partial charge in [0.05, 0.1) is 23.0 Å². The highest BCUT2D eigenvalue weighted by molar-refractivity contribution is 6.90. The van der Waals surface area contributed by atoms with E-state index >= 15 is 8.78 Å². The van der Waals surface area contributed by atoms with Crippen LogP contribution in [0.1, 0.15) is 119 Å². The number of amides is 1. The first-order valence-corrected chi connectivity index (χ1v) is 27.8. The van der Waals surface area contributed by atoms with Gasteiger partial charge in [-0.3, -0.25) is 14.8 Å². The van der Waals surface area contributed by atoms with Gasteiger partial charge in [0.2, 0.25) is 0 Å². The lowest BCUT2D eigenvalue weighted by Crippen LogP contribution is -2.57. The van der Waals surface area contributed by atoms with Gasteiger partial charge in [0.25, 0.3) is 0 Å². The number of rotatable bonds is 15. The van der Waals surface area contributed by atoms with Crippen molar-refractivity contribution in [1.82, 2.24) is 30.1 Å². The Morgan fingerprint density at radius 1 is 0.942 bits per heavy atom. The summed E-state index contributed by atoms with van der Waals surface area (Å²) >= 11 is 0. The predicted molar refractivity (Wildman–Crippen MR) is 273 cm³/mol. The van der Waals surface area contributed by atoms with E-state index in [-0.39, 0.29) is 53.8 Å². The number of nitrogens with zero attached hydrogens (tertiary/aromatic N) is 6. The summed E-state index contributed by atoms with van der Waals surface area (Å²) < 4.78 is 58.1. The highest BCUT2D eigenvalue weighted by Crippen LogP contribution is 2.43. The molecule has 4 fully saturated rings. The number of fused-ring (bicyclic) bond motifs is 4. The molecule has 6 heterocycles. The van der Waals surface area contributed by atoms with Crippen molar-refractivity contribution in [3.8, 4) is 34.5 Å². The number of hydrogen-bond acceptors (Lipinski definition) is 11. The zero-order chi connectivity index (χ0) is 49.2. The van der Waals surface area contributed by atoms with Crippen LogP contribution < -0.4 is 19.7 Å². The zero-order valence-corrected chi connectivity index (χ0v) is 43.7. The predicted octanol–water partition coefficient (Wildman–Crippen LogP) is 10.9. The number of piperidine rings is 1. The van der Waals surface area contributed by atoms with Crippen LogP contribution >= 0.6 is 0 Å². The Kier molecular flexibility index (Phi) is 15.7. The Labute approximate surface area is 409 Å². The molecule has 4 aliphatic rings. The van der Waals surface area contributed by atoms with Gasteiger partial charge < -0.3 is 29.2 Å². The molecule has 12 nitrogen and oxygen atoms in total. The molecule has 15 heteroatoms. The highest BCUT2D eigenvalue weighted by Gasteiger charge is 2.46. The topological polar surface area (TPSA) is 114 Å². The lowest BCUT2D eigenvalue weighted by Gasteiger charge is -2.42. The number of piperazine rings is 1. The number of halogens is 2. The number of ether oxygens (including phenoxy) is 4. The van der Waals surface area contributed by atoms with E-state index in [9.17, 15) is 4.79 Å². The number of methoxy groups -OCH3 is 1. The number of carbonyl (C=O) groups excluding carboxylic acids is 1. The summed E-state index contributed by atoms with van der Waals surface area (Å²) in [4.78, 5) is 34.8. The van der Waals surface area contributed by atoms with Crippen molar-refractivity contribution in [3.63, 3.8) is 0 Å². The third kappa shape index (κ3) is 10.8. The van der Waals surface area contributed by atoms with Gasteiger partial charge in [-0.15, -0.1) is 5.54 Å². The molecule has 69 heavy (non-hydrogen) atoms. The Balaban J connectivity index is 1.22. The molecule has 0 saturated carbocycles. The minimum atomic E-state index is -2.31. The maximum atomic E-state index is 18.0. The quantitative estimate of drug-likeness (QED) is 0.0698. The summed E-state index contributed by atoms with van der Waals surface area (Å²) in [5.41, 5.74) is 4.57. The van der Waals surface area contributed by atoms with Gasteiger partial charge in [-0.25, -0.2) is 13.6 Å². The molecule has 374 valence electrons. The van der Waals surface area contributed by atoms with Crippen molar-refractivity contribution in [2.45, 2.75) is 154 Å². The second-order valence-electron chi connectivity index (χ2n) is 21.9. The van der Waals surface area contributed by atoms with Crippen molar-refractivity contribution >= 4 is 41.7 Å². The summed E-state index contributed by atoms with van der Waals surface area (Å²) in [6.07, 6.45) is 9.86. The van der Waals surface area contributed by atoms with Crippen LogP contribution in [-0.2, 0) is 9.47 Å². The minimum Gasteiger partial charge on any atom is -0.468 e. The van der Waals surface area contributed by atoms with E-state index < -0.39 is 25.3 Å². The first-order chi connectivity index (χ1) is 33.0. The van der Waals surface area contributed by atoms with E-state index in [4.69, 9.17) is 33.9 Å². The fraction of sp³-hybridized carbons (Fsp3) is 0.630. The maximum absolute atomic E-state index is 18.0. The molecule has 0 spiro atoms. The van der Waals surface area contributed by atoms with Crippen LogP contribution in [0.2, 0.25) is 16.6 Å². The number of carbonyl (C=O) groups is 1. The summed E-state index contributed by atoms with van der Waals surface area (Å²) in [6.45, 7) is 24.5. The van der Waals surface area contributed by atoms with Gasteiger partial charge in [0.15, 0.2) is 12.6 Å². The fourth-order valence-electron chi connectivity index (χ4n) is 12.0. The van der Waals surface area contributed by atoms with Crippen molar-refractivity contribution < 1.29 is 32.5 Å². The Hall–Kier alpha value is -4.62. The van der Waals surface area contributed by atoms with Gasteiger partial charge in [-0.2, -0.15) is 9.97 Å². The molecule has 0 radical (unpaired) electrons. The van der Waals surface area contributed by atoms with E-state index in [1.807, 2.05) is 25.7 Å². The molecule has 0 aliphatic carbocycles. The van der Waals surface area contributed by atoms with E-state index in [2.05, 4.69) is 68.1 Å². The molecule has 3 atom stereocenters. The molecule has 4 aliphatic heterocycles. The Morgan fingerprint density at radius 3 is 2.32 bits per heavy atom. The molecule has 1 N–H and O–H groups in total. The number of hydrogen-bond donors (Lipinski definition) is 1. The smallest absolute Gasteiger partial charge is 0.410 e. The molecule has 2 bridgehead atoms. The second kappa shape index (κ2) is 21.4. The first-order valence-electron chi connectivity index (χ1n) is 25.6.